The molecule has 0 N–H and O–H groups in total. The molecule has 0 bridgehead atoms. The first-order chi connectivity index (χ1) is 3.83. The standard InChI is InChI=1S/C6H11N2/c1-3-8-5-4-7(2)6-8/h3-5H,6H2,1-2H3/q+1. The van der Waals surface area contributed by atoms with Crippen molar-refractivity contribution in [3.8, 4) is 0 Å². The summed E-state index contributed by atoms with van der Waals surface area (Å²) in [5.41, 5.74) is 0. The molecule has 1 aliphatic heterocycles. The first-order valence-electron chi connectivity index (χ1n) is 2.76. The van der Waals surface area contributed by atoms with Gasteiger partial charge in [-0.2, -0.15) is 4.58 Å². The molecule has 0 fully saturated rings. The van der Waals surface area contributed by atoms with Crippen molar-refractivity contribution in [2.75, 3.05) is 13.7 Å². The molecule has 0 atom stereocenters. The van der Waals surface area contributed by atoms with Gasteiger partial charge in [-0.3, -0.25) is 0 Å². The predicted octanol–water partition coefficient (Wildman–Crippen LogP) is 0.464. The zero-order chi connectivity index (χ0) is 5.98. The number of nitrogens with zero attached hydrogens (tertiary/aromatic N) is 2. The molecule has 0 aromatic carbocycles. The summed E-state index contributed by atoms with van der Waals surface area (Å²) in [6.07, 6.45) is 6.17. The molecule has 44 valence electrons. The second-order valence-corrected chi connectivity index (χ2v) is 1.97. The molecule has 0 amide bonds. The third kappa shape index (κ3) is 0.886. The zero-order valence-electron chi connectivity index (χ0n) is 5.33. The fraction of sp³-hybridized carbons (Fsp3) is 0.500. The zero-order valence-corrected chi connectivity index (χ0v) is 5.33. The highest BCUT2D eigenvalue weighted by atomic mass is 15.3. The van der Waals surface area contributed by atoms with Crippen molar-refractivity contribution >= 4 is 6.21 Å². The van der Waals surface area contributed by atoms with Crippen molar-refractivity contribution < 1.29 is 4.58 Å². The maximum atomic E-state index is 2.12. The molecular weight excluding hydrogens is 100 g/mol. The van der Waals surface area contributed by atoms with Gasteiger partial charge in [0.2, 0.25) is 6.67 Å². The molecule has 0 saturated carbocycles. The van der Waals surface area contributed by atoms with E-state index in [0.29, 0.717) is 0 Å². The lowest BCUT2D eigenvalue weighted by Crippen LogP contribution is -2.14. The van der Waals surface area contributed by atoms with Crippen molar-refractivity contribution in [3.05, 3.63) is 12.4 Å². The predicted molar refractivity (Wildman–Crippen MR) is 33.8 cm³/mol. The number of rotatable bonds is 0. The Labute approximate surface area is 49.7 Å². The van der Waals surface area contributed by atoms with Gasteiger partial charge in [0.15, 0.2) is 6.20 Å². The van der Waals surface area contributed by atoms with E-state index in [1.807, 2.05) is 6.92 Å². The van der Waals surface area contributed by atoms with Gasteiger partial charge >= 0.3 is 0 Å². The van der Waals surface area contributed by atoms with Crippen molar-refractivity contribution in [1.29, 1.82) is 0 Å². The van der Waals surface area contributed by atoms with E-state index in [2.05, 4.69) is 35.1 Å². The van der Waals surface area contributed by atoms with E-state index in [0.717, 1.165) is 6.67 Å². The minimum atomic E-state index is 0.997. The molecule has 8 heavy (non-hydrogen) atoms. The van der Waals surface area contributed by atoms with Crippen LogP contribution in [0.2, 0.25) is 0 Å². The highest BCUT2D eigenvalue weighted by Gasteiger charge is 2.07. The van der Waals surface area contributed by atoms with Crippen LogP contribution < -0.4 is 0 Å². The lowest BCUT2D eigenvalue weighted by atomic mass is 10.8. The minimum absolute atomic E-state index is 0.997. The topological polar surface area (TPSA) is 6.25 Å². The highest BCUT2D eigenvalue weighted by Crippen LogP contribution is 1.94. The van der Waals surface area contributed by atoms with Crippen molar-refractivity contribution in [1.82, 2.24) is 4.90 Å². The lowest BCUT2D eigenvalue weighted by Gasteiger charge is -1.98. The summed E-state index contributed by atoms with van der Waals surface area (Å²) in [5, 5.41) is 0. The summed E-state index contributed by atoms with van der Waals surface area (Å²) in [7, 11) is 2.06. The molecule has 2 heteroatoms. The van der Waals surface area contributed by atoms with E-state index in [9.17, 15) is 0 Å². The van der Waals surface area contributed by atoms with E-state index < -0.39 is 0 Å². The van der Waals surface area contributed by atoms with Crippen LogP contribution in [0, 0.1) is 0 Å². The van der Waals surface area contributed by atoms with Gasteiger partial charge in [-0.05, 0) is 0 Å². The lowest BCUT2D eigenvalue weighted by molar-refractivity contribution is -0.458. The van der Waals surface area contributed by atoms with Crippen LogP contribution in [0.1, 0.15) is 6.92 Å². The Morgan fingerprint density at radius 2 is 2.50 bits per heavy atom. The largest absolute Gasteiger partial charge is 0.321 e. The molecule has 0 unspecified atom stereocenters. The Balaban J connectivity index is 2.59. The van der Waals surface area contributed by atoms with E-state index in [1.54, 1.807) is 0 Å². The number of hydrogen-bond acceptors (Lipinski definition) is 1. The Bertz CT molecular complexity index is 135. The molecule has 2 nitrogen and oxygen atoms in total. The number of hydrogen-bond donors (Lipinski definition) is 0. The van der Waals surface area contributed by atoms with Gasteiger partial charge < -0.3 is 4.90 Å². The van der Waals surface area contributed by atoms with E-state index in [1.165, 1.54) is 0 Å². The molecule has 1 aliphatic rings. The Morgan fingerprint density at radius 1 is 1.75 bits per heavy atom. The molecule has 0 radical (unpaired) electrons. The van der Waals surface area contributed by atoms with E-state index >= 15 is 0 Å². The molecule has 1 heterocycles. The van der Waals surface area contributed by atoms with Crippen LogP contribution in [0.3, 0.4) is 0 Å². The van der Waals surface area contributed by atoms with Crippen molar-refractivity contribution in [3.63, 3.8) is 0 Å². The summed E-state index contributed by atoms with van der Waals surface area (Å²) in [4.78, 5) is 2.12. The molecular formula is C6H11N2+. The van der Waals surface area contributed by atoms with Gasteiger partial charge in [0.05, 0.1) is 6.20 Å². The van der Waals surface area contributed by atoms with Gasteiger partial charge in [-0.1, -0.05) is 0 Å². The molecule has 0 aromatic heterocycles. The van der Waals surface area contributed by atoms with Gasteiger partial charge in [-0.15, -0.1) is 0 Å². The molecule has 0 aromatic rings. The van der Waals surface area contributed by atoms with Gasteiger partial charge in [0.1, 0.15) is 6.21 Å². The average molecular weight is 111 g/mol. The SMILES string of the molecule is CC=[N+]1C=CN(C)C1. The van der Waals surface area contributed by atoms with Gasteiger partial charge in [-0.25, -0.2) is 0 Å². The fourth-order valence-corrected chi connectivity index (χ4v) is 0.719. The van der Waals surface area contributed by atoms with Crippen LogP contribution in [0.15, 0.2) is 12.4 Å². The highest BCUT2D eigenvalue weighted by molar-refractivity contribution is 5.47. The normalized spacial score (nSPS) is 23.2. The quantitative estimate of drug-likeness (QED) is 0.412. The third-order valence-corrected chi connectivity index (χ3v) is 1.23. The van der Waals surface area contributed by atoms with Crippen LogP contribution in [-0.2, 0) is 0 Å². The first-order valence-corrected chi connectivity index (χ1v) is 2.76. The van der Waals surface area contributed by atoms with Crippen LogP contribution in [0.5, 0.6) is 0 Å². The van der Waals surface area contributed by atoms with Crippen LogP contribution in [-0.4, -0.2) is 29.4 Å². The van der Waals surface area contributed by atoms with Gasteiger partial charge in [0.25, 0.3) is 0 Å². The first kappa shape index (κ1) is 5.35. The summed E-state index contributed by atoms with van der Waals surface area (Å²) in [5.74, 6) is 0. The second-order valence-electron chi connectivity index (χ2n) is 1.97. The van der Waals surface area contributed by atoms with Crippen LogP contribution >= 0.6 is 0 Å². The van der Waals surface area contributed by atoms with E-state index in [-0.39, 0.29) is 0 Å². The average Bonchev–Trinajstić information content (AvgIpc) is 2.14. The smallest absolute Gasteiger partial charge is 0.223 e. The van der Waals surface area contributed by atoms with Crippen molar-refractivity contribution in [2.45, 2.75) is 6.92 Å². The van der Waals surface area contributed by atoms with Crippen LogP contribution in [0.4, 0.5) is 0 Å². The molecule has 0 saturated heterocycles. The minimum Gasteiger partial charge on any atom is -0.321 e. The molecule has 0 spiro atoms. The Hall–Kier alpha value is -0.790. The summed E-state index contributed by atoms with van der Waals surface area (Å²) in [6, 6.07) is 0. The second kappa shape index (κ2) is 1.99. The van der Waals surface area contributed by atoms with Gasteiger partial charge in [0, 0.05) is 14.0 Å². The molecule has 0 aliphatic carbocycles. The fourth-order valence-electron chi connectivity index (χ4n) is 0.719. The summed E-state index contributed by atoms with van der Waals surface area (Å²) in [6.45, 7) is 3.03. The summed E-state index contributed by atoms with van der Waals surface area (Å²) < 4.78 is 2.12. The maximum Gasteiger partial charge on any atom is 0.223 e. The third-order valence-electron chi connectivity index (χ3n) is 1.23. The molecule has 1 rings (SSSR count). The Morgan fingerprint density at radius 3 is 2.75 bits per heavy atom. The maximum absolute atomic E-state index is 2.12. The Kier molecular flexibility index (Phi) is 1.33. The summed E-state index contributed by atoms with van der Waals surface area (Å²) >= 11 is 0. The van der Waals surface area contributed by atoms with Crippen LogP contribution in [0.25, 0.3) is 0 Å². The van der Waals surface area contributed by atoms with E-state index in [4.69, 9.17) is 0 Å². The monoisotopic (exact) mass is 111 g/mol. The van der Waals surface area contributed by atoms with Crippen molar-refractivity contribution in [2.24, 2.45) is 0 Å².